The second-order valence-corrected chi connectivity index (χ2v) is 7.47. The van der Waals surface area contributed by atoms with Crippen molar-refractivity contribution in [2.45, 2.75) is 32.7 Å². The minimum Gasteiger partial charge on any atom is -0.347 e. The van der Waals surface area contributed by atoms with E-state index in [-0.39, 0.29) is 6.04 Å². The number of aryl methyl sites for hydroxylation is 1. The molecule has 0 spiro atoms. The molecule has 1 saturated heterocycles. The van der Waals surface area contributed by atoms with Crippen LogP contribution in [0.1, 0.15) is 25.6 Å². The van der Waals surface area contributed by atoms with Gasteiger partial charge in [-0.05, 0) is 19.8 Å². The van der Waals surface area contributed by atoms with Crippen molar-refractivity contribution in [3.63, 3.8) is 0 Å². The lowest BCUT2D eigenvalue weighted by Crippen LogP contribution is -2.47. The Morgan fingerprint density at radius 2 is 2.05 bits per heavy atom. The predicted molar refractivity (Wildman–Crippen MR) is 77.1 cm³/mol. The summed E-state index contributed by atoms with van der Waals surface area (Å²) < 4.78 is 29.2. The van der Waals surface area contributed by atoms with E-state index in [0.717, 1.165) is 36.9 Å². The van der Waals surface area contributed by atoms with Gasteiger partial charge in [0, 0.05) is 37.2 Å². The first-order chi connectivity index (χ1) is 8.91. The van der Waals surface area contributed by atoms with Crippen LogP contribution in [-0.2, 0) is 10.0 Å². The fourth-order valence-electron chi connectivity index (χ4n) is 2.52. The van der Waals surface area contributed by atoms with E-state index < -0.39 is 10.0 Å². The third kappa shape index (κ3) is 3.43. The highest BCUT2D eigenvalue weighted by Crippen LogP contribution is 2.24. The maximum absolute atomic E-state index is 11.7. The molecule has 1 aliphatic rings. The summed E-state index contributed by atoms with van der Waals surface area (Å²) in [6.45, 7) is 5.99. The standard InChI is InChI=1S/C11H20N4O2S2/c1-4-15(19(3,16)17)10-5-7-14(8-6-10)11-12-9(2)13-18-11/h10H,4-8H2,1-3H3. The monoisotopic (exact) mass is 304 g/mol. The molecule has 1 aromatic heterocycles. The molecule has 0 aliphatic carbocycles. The van der Waals surface area contributed by atoms with E-state index in [1.165, 1.54) is 17.8 Å². The first-order valence-electron chi connectivity index (χ1n) is 6.44. The normalized spacial score (nSPS) is 18.2. The average Bonchev–Trinajstić information content (AvgIpc) is 2.76. The molecule has 0 N–H and O–H groups in total. The lowest BCUT2D eigenvalue weighted by atomic mass is 10.1. The molecule has 1 aliphatic heterocycles. The molecular weight excluding hydrogens is 284 g/mol. The summed E-state index contributed by atoms with van der Waals surface area (Å²) >= 11 is 1.41. The second kappa shape index (κ2) is 5.72. The Morgan fingerprint density at radius 3 is 2.47 bits per heavy atom. The first kappa shape index (κ1) is 14.7. The summed E-state index contributed by atoms with van der Waals surface area (Å²) in [6.07, 6.45) is 2.98. The van der Waals surface area contributed by atoms with E-state index in [9.17, 15) is 8.42 Å². The lowest BCUT2D eigenvalue weighted by Gasteiger charge is -2.36. The number of anilines is 1. The number of hydrogen-bond donors (Lipinski definition) is 0. The summed E-state index contributed by atoms with van der Waals surface area (Å²) in [5.41, 5.74) is 0. The molecule has 2 heterocycles. The largest absolute Gasteiger partial charge is 0.347 e. The van der Waals surface area contributed by atoms with E-state index in [0.29, 0.717) is 6.54 Å². The van der Waals surface area contributed by atoms with Gasteiger partial charge in [0.15, 0.2) is 0 Å². The van der Waals surface area contributed by atoms with Gasteiger partial charge >= 0.3 is 0 Å². The summed E-state index contributed by atoms with van der Waals surface area (Å²) in [5, 5.41) is 0.943. The Labute approximate surface area is 118 Å². The van der Waals surface area contributed by atoms with Gasteiger partial charge in [0.05, 0.1) is 6.26 Å². The Kier molecular flexibility index (Phi) is 4.42. The predicted octanol–water partition coefficient (Wildman–Crippen LogP) is 1.10. The molecule has 0 unspecified atom stereocenters. The maximum atomic E-state index is 11.7. The van der Waals surface area contributed by atoms with E-state index in [4.69, 9.17) is 0 Å². The molecule has 6 nitrogen and oxygen atoms in total. The molecule has 8 heteroatoms. The SMILES string of the molecule is CCN(C1CCN(c2nc(C)ns2)CC1)S(C)(=O)=O. The molecule has 108 valence electrons. The van der Waals surface area contributed by atoms with Crippen molar-refractivity contribution in [2.24, 2.45) is 0 Å². The fourth-order valence-corrected chi connectivity index (χ4v) is 4.47. The van der Waals surface area contributed by atoms with Crippen molar-refractivity contribution < 1.29 is 8.42 Å². The number of sulfonamides is 1. The molecule has 0 radical (unpaired) electrons. The molecule has 19 heavy (non-hydrogen) atoms. The first-order valence-corrected chi connectivity index (χ1v) is 9.06. The molecular formula is C11H20N4O2S2. The third-order valence-corrected chi connectivity index (χ3v) is 5.67. The average molecular weight is 304 g/mol. The van der Waals surface area contributed by atoms with E-state index in [1.54, 1.807) is 4.31 Å². The van der Waals surface area contributed by atoms with Crippen LogP contribution in [0.15, 0.2) is 0 Å². The Morgan fingerprint density at radius 1 is 1.42 bits per heavy atom. The zero-order valence-corrected chi connectivity index (χ0v) is 13.2. The van der Waals surface area contributed by atoms with Gasteiger partial charge in [-0.15, -0.1) is 0 Å². The van der Waals surface area contributed by atoms with Gasteiger partial charge in [-0.1, -0.05) is 6.92 Å². The molecule has 0 amide bonds. The van der Waals surface area contributed by atoms with Crippen molar-refractivity contribution in [3.8, 4) is 0 Å². The minimum absolute atomic E-state index is 0.116. The van der Waals surface area contributed by atoms with Crippen LogP contribution in [0, 0.1) is 6.92 Å². The quantitative estimate of drug-likeness (QED) is 0.833. The van der Waals surface area contributed by atoms with Crippen LogP contribution in [0.25, 0.3) is 0 Å². The Balaban J connectivity index is 1.99. The van der Waals surface area contributed by atoms with Gasteiger partial charge in [0.1, 0.15) is 5.82 Å². The number of piperidine rings is 1. The van der Waals surface area contributed by atoms with Crippen molar-refractivity contribution in [2.75, 3.05) is 30.8 Å². The Hall–Kier alpha value is -0.730. The zero-order valence-electron chi connectivity index (χ0n) is 11.5. The van der Waals surface area contributed by atoms with E-state index >= 15 is 0 Å². The summed E-state index contributed by atoms with van der Waals surface area (Å²) in [7, 11) is -3.10. The van der Waals surface area contributed by atoms with Crippen LogP contribution in [-0.4, -0.2) is 54.0 Å². The summed E-state index contributed by atoms with van der Waals surface area (Å²) in [6, 6.07) is 0.116. The van der Waals surface area contributed by atoms with Crippen LogP contribution in [0.5, 0.6) is 0 Å². The smallest absolute Gasteiger partial charge is 0.211 e. The third-order valence-electron chi connectivity index (χ3n) is 3.40. The van der Waals surface area contributed by atoms with Crippen LogP contribution < -0.4 is 4.90 Å². The fraction of sp³-hybridized carbons (Fsp3) is 0.818. The highest BCUT2D eigenvalue weighted by Gasteiger charge is 2.29. The van der Waals surface area contributed by atoms with Crippen molar-refractivity contribution in [3.05, 3.63) is 5.82 Å². The van der Waals surface area contributed by atoms with Crippen LogP contribution in [0.4, 0.5) is 5.13 Å². The number of aromatic nitrogens is 2. The molecule has 0 saturated carbocycles. The highest BCUT2D eigenvalue weighted by molar-refractivity contribution is 7.88. The molecule has 1 aromatic rings. The van der Waals surface area contributed by atoms with Gasteiger partial charge in [-0.2, -0.15) is 8.68 Å². The van der Waals surface area contributed by atoms with Crippen LogP contribution >= 0.6 is 11.5 Å². The Bertz CT molecular complexity index is 521. The zero-order chi connectivity index (χ0) is 14.0. The number of nitrogens with zero attached hydrogens (tertiary/aromatic N) is 4. The molecule has 0 bridgehead atoms. The van der Waals surface area contributed by atoms with Gasteiger partial charge in [0.2, 0.25) is 15.2 Å². The molecule has 2 rings (SSSR count). The van der Waals surface area contributed by atoms with E-state index in [1.807, 2.05) is 13.8 Å². The van der Waals surface area contributed by atoms with Gasteiger partial charge in [-0.25, -0.2) is 13.4 Å². The van der Waals surface area contributed by atoms with Crippen molar-refractivity contribution in [1.82, 2.24) is 13.7 Å². The minimum atomic E-state index is -3.10. The lowest BCUT2D eigenvalue weighted by molar-refractivity contribution is 0.285. The molecule has 0 aromatic carbocycles. The highest BCUT2D eigenvalue weighted by atomic mass is 32.2. The number of hydrogen-bond acceptors (Lipinski definition) is 6. The van der Waals surface area contributed by atoms with Crippen LogP contribution in [0.2, 0.25) is 0 Å². The van der Waals surface area contributed by atoms with Gasteiger partial charge < -0.3 is 4.90 Å². The maximum Gasteiger partial charge on any atom is 0.211 e. The second-order valence-electron chi connectivity index (χ2n) is 4.81. The van der Waals surface area contributed by atoms with E-state index in [2.05, 4.69) is 14.3 Å². The van der Waals surface area contributed by atoms with Gasteiger partial charge in [0.25, 0.3) is 0 Å². The van der Waals surface area contributed by atoms with Crippen molar-refractivity contribution in [1.29, 1.82) is 0 Å². The molecule has 1 fully saturated rings. The van der Waals surface area contributed by atoms with Crippen LogP contribution in [0.3, 0.4) is 0 Å². The van der Waals surface area contributed by atoms with Gasteiger partial charge in [-0.3, -0.25) is 0 Å². The topological polar surface area (TPSA) is 66.4 Å². The summed E-state index contributed by atoms with van der Waals surface area (Å²) in [4.78, 5) is 6.57. The number of rotatable bonds is 4. The molecule has 0 atom stereocenters. The summed E-state index contributed by atoms with van der Waals surface area (Å²) in [5.74, 6) is 0.799. The van der Waals surface area contributed by atoms with Crippen molar-refractivity contribution >= 4 is 26.7 Å².